The monoisotopic (exact) mass is 248 g/mol. The van der Waals surface area contributed by atoms with Crippen LogP contribution in [0.1, 0.15) is 24.4 Å². The molecule has 2 fully saturated rings. The number of aromatic hydroxyl groups is 2. The van der Waals surface area contributed by atoms with Crippen LogP contribution in [0, 0.1) is 5.92 Å². The van der Waals surface area contributed by atoms with Gasteiger partial charge in [0.25, 0.3) is 0 Å². The molecule has 3 N–H and O–H groups in total. The van der Waals surface area contributed by atoms with Crippen molar-refractivity contribution in [3.8, 4) is 11.5 Å². The van der Waals surface area contributed by atoms with Crippen molar-refractivity contribution in [1.29, 1.82) is 0 Å². The zero-order chi connectivity index (χ0) is 12.5. The fourth-order valence-corrected chi connectivity index (χ4v) is 2.88. The summed E-state index contributed by atoms with van der Waals surface area (Å²) in [6.45, 7) is 4.19. The van der Waals surface area contributed by atoms with Gasteiger partial charge in [0.05, 0.1) is 0 Å². The number of rotatable bonds is 3. The van der Waals surface area contributed by atoms with Crippen molar-refractivity contribution >= 4 is 0 Å². The van der Waals surface area contributed by atoms with E-state index in [9.17, 15) is 10.2 Å². The summed E-state index contributed by atoms with van der Waals surface area (Å²) in [5.41, 5.74) is 1.13. The lowest BCUT2D eigenvalue weighted by Gasteiger charge is -2.35. The second kappa shape index (κ2) is 4.78. The Kier molecular flexibility index (Phi) is 3.14. The molecular weight excluding hydrogens is 228 g/mol. The van der Waals surface area contributed by atoms with E-state index in [4.69, 9.17) is 0 Å². The van der Waals surface area contributed by atoms with Crippen LogP contribution in [0.3, 0.4) is 0 Å². The molecule has 1 saturated carbocycles. The molecule has 0 aromatic heterocycles. The topological polar surface area (TPSA) is 55.7 Å². The van der Waals surface area contributed by atoms with Gasteiger partial charge in [0.2, 0.25) is 0 Å². The van der Waals surface area contributed by atoms with E-state index in [1.54, 1.807) is 12.1 Å². The van der Waals surface area contributed by atoms with Gasteiger partial charge < -0.3 is 15.5 Å². The van der Waals surface area contributed by atoms with Crippen LogP contribution in [-0.2, 0) is 0 Å². The summed E-state index contributed by atoms with van der Waals surface area (Å²) >= 11 is 0. The number of benzene rings is 1. The van der Waals surface area contributed by atoms with Crippen LogP contribution < -0.4 is 5.32 Å². The maximum absolute atomic E-state index is 9.67. The van der Waals surface area contributed by atoms with Crippen molar-refractivity contribution in [3.05, 3.63) is 23.8 Å². The Balaban J connectivity index is 1.85. The molecule has 4 heteroatoms. The molecule has 1 heterocycles. The van der Waals surface area contributed by atoms with E-state index in [0.717, 1.165) is 31.7 Å². The molecule has 3 rings (SSSR count). The smallest absolute Gasteiger partial charge is 0.157 e. The first-order valence-corrected chi connectivity index (χ1v) is 6.72. The molecule has 0 amide bonds. The second-order valence-electron chi connectivity index (χ2n) is 5.32. The molecule has 98 valence electrons. The fraction of sp³-hybridized carbons (Fsp3) is 0.571. The molecular formula is C14H20N2O2. The number of hydrogen-bond acceptors (Lipinski definition) is 4. The van der Waals surface area contributed by atoms with Crippen molar-refractivity contribution in [2.45, 2.75) is 18.9 Å². The minimum Gasteiger partial charge on any atom is -0.504 e. The minimum absolute atomic E-state index is 0.00622. The van der Waals surface area contributed by atoms with Gasteiger partial charge in [0, 0.05) is 32.2 Å². The van der Waals surface area contributed by atoms with E-state index in [1.165, 1.54) is 12.8 Å². The Bertz CT molecular complexity index is 426. The highest BCUT2D eigenvalue weighted by atomic mass is 16.3. The van der Waals surface area contributed by atoms with Gasteiger partial charge in [0.15, 0.2) is 11.5 Å². The number of phenolic OH excluding ortho intramolecular Hbond substituents is 2. The standard InChI is InChI=1S/C14H20N2O2/c17-12-4-3-11(9-13(12)18)14(10-1-2-10)16-7-5-15-6-8-16/h3-4,9-10,14-15,17-18H,1-2,5-8H2/t14-/m1/s1. The van der Waals surface area contributed by atoms with Gasteiger partial charge in [-0.15, -0.1) is 0 Å². The third-order valence-electron chi connectivity index (χ3n) is 3.95. The lowest BCUT2D eigenvalue weighted by Crippen LogP contribution is -2.45. The van der Waals surface area contributed by atoms with Gasteiger partial charge >= 0.3 is 0 Å². The van der Waals surface area contributed by atoms with Gasteiger partial charge in [-0.1, -0.05) is 6.07 Å². The second-order valence-corrected chi connectivity index (χ2v) is 5.32. The highest BCUT2D eigenvalue weighted by molar-refractivity contribution is 5.42. The summed E-state index contributed by atoms with van der Waals surface area (Å²) in [5.74, 6) is 0.675. The molecule has 1 aromatic rings. The minimum atomic E-state index is -0.0337. The van der Waals surface area contributed by atoms with E-state index in [2.05, 4.69) is 10.2 Å². The van der Waals surface area contributed by atoms with Gasteiger partial charge in [-0.3, -0.25) is 4.90 Å². The normalized spacial score (nSPS) is 22.9. The van der Waals surface area contributed by atoms with E-state index >= 15 is 0 Å². The Hall–Kier alpha value is -1.26. The van der Waals surface area contributed by atoms with Gasteiger partial charge in [-0.2, -0.15) is 0 Å². The molecule has 1 aliphatic carbocycles. The molecule has 1 aliphatic heterocycles. The highest BCUT2D eigenvalue weighted by Crippen LogP contribution is 2.45. The number of phenols is 2. The number of piperazine rings is 1. The first kappa shape index (κ1) is 11.8. The molecule has 1 saturated heterocycles. The molecule has 0 radical (unpaired) electrons. The van der Waals surface area contributed by atoms with Crippen molar-refractivity contribution in [1.82, 2.24) is 10.2 Å². The summed E-state index contributed by atoms with van der Waals surface area (Å²) in [4.78, 5) is 2.50. The van der Waals surface area contributed by atoms with Crippen molar-refractivity contribution in [3.63, 3.8) is 0 Å². The predicted octanol–water partition coefficient (Wildman–Crippen LogP) is 1.45. The maximum atomic E-state index is 9.67. The van der Waals surface area contributed by atoms with E-state index in [0.29, 0.717) is 12.0 Å². The summed E-state index contributed by atoms with van der Waals surface area (Å²) < 4.78 is 0. The summed E-state index contributed by atoms with van der Waals surface area (Å²) in [6, 6.07) is 5.67. The Morgan fingerprint density at radius 2 is 1.83 bits per heavy atom. The van der Waals surface area contributed by atoms with Crippen molar-refractivity contribution < 1.29 is 10.2 Å². The highest BCUT2D eigenvalue weighted by Gasteiger charge is 2.36. The average molecular weight is 248 g/mol. The van der Waals surface area contributed by atoms with E-state index in [1.807, 2.05) is 6.07 Å². The summed E-state index contributed by atoms with van der Waals surface area (Å²) in [5, 5.41) is 22.5. The maximum Gasteiger partial charge on any atom is 0.157 e. The predicted molar refractivity (Wildman–Crippen MR) is 69.7 cm³/mol. The van der Waals surface area contributed by atoms with Crippen LogP contribution in [-0.4, -0.2) is 41.3 Å². The third-order valence-corrected chi connectivity index (χ3v) is 3.95. The van der Waals surface area contributed by atoms with Crippen LogP contribution in [0.15, 0.2) is 18.2 Å². The van der Waals surface area contributed by atoms with Gasteiger partial charge in [0.1, 0.15) is 0 Å². The van der Waals surface area contributed by atoms with E-state index < -0.39 is 0 Å². The molecule has 1 aromatic carbocycles. The van der Waals surface area contributed by atoms with Crippen LogP contribution in [0.4, 0.5) is 0 Å². The van der Waals surface area contributed by atoms with Crippen LogP contribution in [0.25, 0.3) is 0 Å². The largest absolute Gasteiger partial charge is 0.504 e. The zero-order valence-corrected chi connectivity index (χ0v) is 10.5. The first-order chi connectivity index (χ1) is 8.75. The number of nitrogens with zero attached hydrogens (tertiary/aromatic N) is 1. The van der Waals surface area contributed by atoms with Crippen LogP contribution >= 0.6 is 0 Å². The third kappa shape index (κ3) is 2.31. The van der Waals surface area contributed by atoms with Gasteiger partial charge in [-0.05, 0) is 36.5 Å². The Labute approximate surface area is 107 Å². The molecule has 0 spiro atoms. The lowest BCUT2D eigenvalue weighted by atomic mass is 9.99. The SMILES string of the molecule is Oc1ccc([C@@H](C2CC2)N2CCNCC2)cc1O. The van der Waals surface area contributed by atoms with Crippen molar-refractivity contribution in [2.24, 2.45) is 5.92 Å². The first-order valence-electron chi connectivity index (χ1n) is 6.72. The molecule has 1 atom stereocenters. The fourth-order valence-electron chi connectivity index (χ4n) is 2.88. The quantitative estimate of drug-likeness (QED) is 0.709. The van der Waals surface area contributed by atoms with Crippen LogP contribution in [0.2, 0.25) is 0 Å². The molecule has 0 bridgehead atoms. The molecule has 2 aliphatic rings. The molecule has 4 nitrogen and oxygen atoms in total. The average Bonchev–Trinajstić information content (AvgIpc) is 3.20. The van der Waals surface area contributed by atoms with Crippen molar-refractivity contribution in [2.75, 3.05) is 26.2 Å². The Morgan fingerprint density at radius 3 is 2.44 bits per heavy atom. The van der Waals surface area contributed by atoms with E-state index in [-0.39, 0.29) is 11.5 Å². The van der Waals surface area contributed by atoms with Crippen LogP contribution in [0.5, 0.6) is 11.5 Å². The van der Waals surface area contributed by atoms with Gasteiger partial charge in [-0.25, -0.2) is 0 Å². The summed E-state index contributed by atoms with van der Waals surface area (Å²) in [6.07, 6.45) is 2.55. The number of hydrogen-bond donors (Lipinski definition) is 3. The number of nitrogens with one attached hydrogen (secondary N) is 1. The molecule has 18 heavy (non-hydrogen) atoms. The lowest BCUT2D eigenvalue weighted by molar-refractivity contribution is 0.156. The molecule has 0 unspecified atom stereocenters. The summed E-state index contributed by atoms with van der Waals surface area (Å²) in [7, 11) is 0. The Morgan fingerprint density at radius 1 is 1.11 bits per heavy atom. The zero-order valence-electron chi connectivity index (χ0n) is 10.5.